The number of methoxy groups -OCH3 is 2. The van der Waals surface area contributed by atoms with Gasteiger partial charge < -0.3 is 20.1 Å². The number of fused-ring (bicyclic) bond motifs is 1. The predicted octanol–water partition coefficient (Wildman–Crippen LogP) is 6.26. The molecule has 42 heavy (non-hydrogen) atoms. The lowest BCUT2D eigenvalue weighted by Crippen LogP contribution is -2.29. The number of halogens is 1. The SMILES string of the molecule is COCCNC(=O)c1c(NC(=O)C2CC2c2cn(-c3ccccc3)nc2-c2ccc(OC)c(Cl)c2)sc2c1CCCC2. The first-order chi connectivity index (χ1) is 20.5. The second-order valence-corrected chi connectivity index (χ2v) is 12.2. The maximum absolute atomic E-state index is 13.6. The second kappa shape index (κ2) is 12.3. The van der Waals surface area contributed by atoms with Crippen LogP contribution in [0.15, 0.2) is 54.7 Å². The zero-order valence-electron chi connectivity index (χ0n) is 23.6. The lowest BCUT2D eigenvalue weighted by atomic mass is 9.95. The van der Waals surface area contributed by atoms with Crippen molar-refractivity contribution in [3.05, 3.63) is 81.3 Å². The summed E-state index contributed by atoms with van der Waals surface area (Å²) in [6.45, 7) is 0.851. The monoisotopic (exact) mass is 604 g/mol. The van der Waals surface area contributed by atoms with Gasteiger partial charge >= 0.3 is 0 Å². The van der Waals surface area contributed by atoms with Gasteiger partial charge in [-0.3, -0.25) is 9.59 Å². The molecule has 2 unspecified atom stereocenters. The van der Waals surface area contributed by atoms with Crippen LogP contribution >= 0.6 is 22.9 Å². The van der Waals surface area contributed by atoms with E-state index in [1.807, 2.05) is 59.4 Å². The van der Waals surface area contributed by atoms with Gasteiger partial charge in [0.05, 0.1) is 35.7 Å². The summed E-state index contributed by atoms with van der Waals surface area (Å²) >= 11 is 8.02. The van der Waals surface area contributed by atoms with Gasteiger partial charge in [-0.15, -0.1) is 11.3 Å². The van der Waals surface area contributed by atoms with Crippen LogP contribution in [0.2, 0.25) is 5.02 Å². The molecule has 0 radical (unpaired) electrons. The number of rotatable bonds is 10. The van der Waals surface area contributed by atoms with Gasteiger partial charge in [-0.2, -0.15) is 5.10 Å². The van der Waals surface area contributed by atoms with Crippen LogP contribution in [0.4, 0.5) is 5.00 Å². The number of aryl methyl sites for hydroxylation is 1. The van der Waals surface area contributed by atoms with Crippen molar-refractivity contribution in [2.45, 2.75) is 38.0 Å². The van der Waals surface area contributed by atoms with Crippen molar-refractivity contribution in [1.82, 2.24) is 15.1 Å². The number of benzene rings is 2. The fourth-order valence-corrected chi connectivity index (χ4v) is 7.24. The number of para-hydroxylation sites is 1. The highest BCUT2D eigenvalue weighted by Crippen LogP contribution is 2.51. The minimum Gasteiger partial charge on any atom is -0.495 e. The Morgan fingerprint density at radius 1 is 1.12 bits per heavy atom. The van der Waals surface area contributed by atoms with Crippen LogP contribution in [0.3, 0.4) is 0 Å². The first-order valence-electron chi connectivity index (χ1n) is 14.2. The van der Waals surface area contributed by atoms with Crippen LogP contribution < -0.4 is 15.4 Å². The highest BCUT2D eigenvalue weighted by molar-refractivity contribution is 7.17. The average Bonchev–Trinajstić information content (AvgIpc) is 3.54. The van der Waals surface area contributed by atoms with Crippen molar-refractivity contribution in [2.75, 3.05) is 32.7 Å². The smallest absolute Gasteiger partial charge is 0.254 e. The Labute approximate surface area is 254 Å². The molecule has 8 nitrogen and oxygen atoms in total. The molecule has 2 aromatic heterocycles. The molecule has 4 aromatic rings. The van der Waals surface area contributed by atoms with Gasteiger partial charge in [-0.25, -0.2) is 4.68 Å². The summed E-state index contributed by atoms with van der Waals surface area (Å²) in [7, 11) is 3.19. The van der Waals surface area contributed by atoms with Gasteiger partial charge in [-0.1, -0.05) is 29.8 Å². The zero-order valence-corrected chi connectivity index (χ0v) is 25.2. The molecule has 1 saturated carbocycles. The van der Waals surface area contributed by atoms with Crippen LogP contribution in [0.5, 0.6) is 5.75 Å². The summed E-state index contributed by atoms with van der Waals surface area (Å²) in [5.74, 6) is 0.128. The summed E-state index contributed by atoms with van der Waals surface area (Å²) in [5.41, 5.74) is 5.25. The summed E-state index contributed by atoms with van der Waals surface area (Å²) in [6.07, 6.45) is 6.65. The third-order valence-corrected chi connectivity index (χ3v) is 9.44. The van der Waals surface area contributed by atoms with Gasteiger partial charge in [0.2, 0.25) is 5.91 Å². The van der Waals surface area contributed by atoms with Crippen molar-refractivity contribution in [3.63, 3.8) is 0 Å². The second-order valence-electron chi connectivity index (χ2n) is 10.7. The van der Waals surface area contributed by atoms with Crippen LogP contribution in [0, 0.1) is 5.92 Å². The molecule has 2 aliphatic carbocycles. The molecule has 6 rings (SSSR count). The number of nitrogens with one attached hydrogen (secondary N) is 2. The first kappa shape index (κ1) is 28.5. The molecule has 2 N–H and O–H groups in total. The number of amides is 2. The predicted molar refractivity (Wildman–Crippen MR) is 165 cm³/mol. The number of hydrogen-bond donors (Lipinski definition) is 2. The van der Waals surface area contributed by atoms with E-state index in [4.69, 9.17) is 26.2 Å². The Morgan fingerprint density at radius 2 is 1.93 bits per heavy atom. The van der Waals surface area contributed by atoms with E-state index in [0.29, 0.717) is 40.9 Å². The number of thiophene rings is 1. The number of ether oxygens (including phenoxy) is 2. The molecule has 2 amide bonds. The number of carbonyl (C=O) groups excluding carboxylic acids is 2. The molecule has 0 bridgehead atoms. The highest BCUT2D eigenvalue weighted by Gasteiger charge is 2.46. The Kier molecular flexibility index (Phi) is 8.33. The van der Waals surface area contributed by atoms with Crippen molar-refractivity contribution in [1.29, 1.82) is 0 Å². The summed E-state index contributed by atoms with van der Waals surface area (Å²) < 4.78 is 12.3. The van der Waals surface area contributed by atoms with Crippen molar-refractivity contribution in [2.24, 2.45) is 5.92 Å². The molecule has 2 heterocycles. The molecule has 2 aliphatic rings. The normalized spacial score (nSPS) is 17.4. The first-order valence-corrected chi connectivity index (χ1v) is 15.4. The average molecular weight is 605 g/mol. The molecule has 10 heteroatoms. The van der Waals surface area contributed by atoms with E-state index in [-0.39, 0.29) is 23.7 Å². The molecule has 0 aliphatic heterocycles. The van der Waals surface area contributed by atoms with Crippen LogP contribution in [0.25, 0.3) is 16.9 Å². The number of carbonyl (C=O) groups is 2. The Balaban J connectivity index is 1.27. The standard InChI is InChI=1S/C32H33ClN4O4S/c1-40-15-14-34-31(39)28-21-10-6-7-11-27(21)42-32(28)35-30(38)23-17-22(23)24-18-37(20-8-4-3-5-9-20)36-29(24)19-12-13-26(41-2)25(33)16-19/h3-5,8-9,12-13,16,18,22-23H,6-7,10-11,14-15,17H2,1-2H3,(H,34,39)(H,35,38). The zero-order chi connectivity index (χ0) is 29.2. The summed E-state index contributed by atoms with van der Waals surface area (Å²) in [5, 5.41) is 12.2. The fraction of sp³-hybridized carbons (Fsp3) is 0.344. The third-order valence-electron chi connectivity index (χ3n) is 7.94. The molecule has 0 saturated heterocycles. The van der Waals surface area contributed by atoms with E-state index >= 15 is 0 Å². The molecule has 218 valence electrons. The van der Waals surface area contributed by atoms with Gasteiger partial charge in [0, 0.05) is 47.7 Å². The van der Waals surface area contributed by atoms with Gasteiger partial charge in [0.15, 0.2) is 0 Å². The number of nitrogens with zero attached hydrogens (tertiary/aromatic N) is 2. The van der Waals surface area contributed by atoms with Crippen LogP contribution in [0.1, 0.15) is 51.5 Å². The van der Waals surface area contributed by atoms with Crippen molar-refractivity contribution in [3.8, 4) is 22.7 Å². The van der Waals surface area contributed by atoms with Crippen LogP contribution in [-0.2, 0) is 22.4 Å². The fourth-order valence-electron chi connectivity index (χ4n) is 5.69. The molecular formula is C32H33ClN4O4S. The highest BCUT2D eigenvalue weighted by atomic mass is 35.5. The Hall–Kier alpha value is -3.66. The van der Waals surface area contributed by atoms with Gasteiger partial charge in [0.1, 0.15) is 10.8 Å². The van der Waals surface area contributed by atoms with Crippen molar-refractivity contribution >= 4 is 39.8 Å². The summed E-state index contributed by atoms with van der Waals surface area (Å²) in [4.78, 5) is 28.0. The largest absolute Gasteiger partial charge is 0.495 e. The van der Waals surface area contributed by atoms with Gasteiger partial charge in [-0.05, 0) is 68.0 Å². The van der Waals surface area contributed by atoms with E-state index in [1.165, 1.54) is 16.2 Å². The lowest BCUT2D eigenvalue weighted by molar-refractivity contribution is -0.117. The molecular weight excluding hydrogens is 572 g/mol. The van der Waals surface area contributed by atoms with Gasteiger partial charge in [0.25, 0.3) is 5.91 Å². The minimum absolute atomic E-state index is 0.00749. The lowest BCUT2D eigenvalue weighted by Gasteiger charge is -2.13. The topological polar surface area (TPSA) is 94.5 Å². The van der Waals surface area contributed by atoms with Crippen LogP contribution in [-0.4, -0.2) is 49.0 Å². The van der Waals surface area contributed by atoms with E-state index in [1.54, 1.807) is 14.2 Å². The van der Waals surface area contributed by atoms with E-state index in [9.17, 15) is 9.59 Å². The number of aromatic nitrogens is 2. The molecule has 2 aromatic carbocycles. The number of anilines is 1. The quantitative estimate of drug-likeness (QED) is 0.208. The molecule has 2 atom stereocenters. The maximum atomic E-state index is 13.6. The maximum Gasteiger partial charge on any atom is 0.254 e. The Morgan fingerprint density at radius 3 is 2.69 bits per heavy atom. The summed E-state index contributed by atoms with van der Waals surface area (Å²) in [6, 6.07) is 15.5. The Bertz CT molecular complexity index is 1620. The van der Waals surface area contributed by atoms with E-state index in [2.05, 4.69) is 10.6 Å². The minimum atomic E-state index is -0.227. The number of hydrogen-bond acceptors (Lipinski definition) is 6. The molecule has 1 fully saturated rings. The molecule has 0 spiro atoms. The van der Waals surface area contributed by atoms with E-state index in [0.717, 1.165) is 53.8 Å². The third kappa shape index (κ3) is 5.69. The van der Waals surface area contributed by atoms with Crippen molar-refractivity contribution < 1.29 is 19.1 Å². The van der Waals surface area contributed by atoms with E-state index < -0.39 is 0 Å².